The van der Waals surface area contributed by atoms with E-state index in [-0.39, 0.29) is 11.6 Å². The van der Waals surface area contributed by atoms with Crippen molar-refractivity contribution in [2.75, 3.05) is 5.73 Å². The summed E-state index contributed by atoms with van der Waals surface area (Å²) in [5.41, 5.74) is 8.37. The second-order valence-corrected chi connectivity index (χ2v) is 3.87. The molecule has 2 aromatic rings. The summed E-state index contributed by atoms with van der Waals surface area (Å²) in [6.07, 6.45) is 0. The zero-order valence-corrected chi connectivity index (χ0v) is 11.4. The van der Waals surface area contributed by atoms with Crippen LogP contribution in [0.15, 0.2) is 42.5 Å². The van der Waals surface area contributed by atoms with Crippen molar-refractivity contribution in [1.82, 2.24) is 0 Å². The number of rotatable bonds is 2. The second kappa shape index (κ2) is 6.69. The first kappa shape index (κ1) is 14.9. The summed E-state index contributed by atoms with van der Waals surface area (Å²) in [5, 5.41) is 0. The number of halogens is 1. The largest absolute Gasteiger partial charge is 0.398 e. The van der Waals surface area contributed by atoms with Crippen LogP contribution < -0.4 is 5.73 Å². The van der Waals surface area contributed by atoms with Crippen molar-refractivity contribution < 1.29 is 9.18 Å². The molecule has 0 unspecified atom stereocenters. The monoisotopic (exact) mass is 259 g/mol. The van der Waals surface area contributed by atoms with Gasteiger partial charge >= 0.3 is 0 Å². The lowest BCUT2D eigenvalue weighted by atomic mass is 10.0. The van der Waals surface area contributed by atoms with Gasteiger partial charge in [-0.15, -0.1) is 0 Å². The average Bonchev–Trinajstić information content (AvgIpc) is 2.42. The summed E-state index contributed by atoms with van der Waals surface area (Å²) in [4.78, 5) is 11.4. The highest BCUT2D eigenvalue weighted by atomic mass is 19.1. The molecule has 100 valence electrons. The molecule has 0 spiro atoms. The van der Waals surface area contributed by atoms with Gasteiger partial charge in [0.05, 0.1) is 0 Å². The van der Waals surface area contributed by atoms with Crippen LogP contribution in [0.3, 0.4) is 0 Å². The zero-order chi connectivity index (χ0) is 14.4. The van der Waals surface area contributed by atoms with Crippen LogP contribution in [0.2, 0.25) is 0 Å². The molecule has 2 aromatic carbocycles. The normalized spacial score (nSPS) is 9.47. The quantitative estimate of drug-likeness (QED) is 0.645. The molecular formula is C16H18FNO. The predicted octanol–water partition coefficient (Wildman–Crippen LogP) is 4.30. The first-order valence-electron chi connectivity index (χ1n) is 6.24. The fourth-order valence-electron chi connectivity index (χ4n) is 1.68. The number of hydrogen-bond acceptors (Lipinski definition) is 2. The molecule has 0 saturated heterocycles. The van der Waals surface area contributed by atoms with Gasteiger partial charge in [-0.05, 0) is 42.3 Å². The van der Waals surface area contributed by atoms with Gasteiger partial charge in [-0.1, -0.05) is 32.0 Å². The van der Waals surface area contributed by atoms with E-state index in [0.29, 0.717) is 11.3 Å². The summed E-state index contributed by atoms with van der Waals surface area (Å²) in [5.74, 6) is -0.359. The maximum Gasteiger partial charge on any atom is 0.161 e. The van der Waals surface area contributed by atoms with Gasteiger partial charge in [0.1, 0.15) is 5.82 Å². The van der Waals surface area contributed by atoms with Crippen LogP contribution in [0.25, 0.3) is 11.1 Å². The number of Topliss-reactive ketones (excluding diaryl/α,β-unsaturated/α-hetero) is 1. The van der Waals surface area contributed by atoms with E-state index in [1.165, 1.54) is 19.1 Å². The fourth-order valence-corrected chi connectivity index (χ4v) is 1.68. The molecule has 0 fully saturated rings. The highest BCUT2D eigenvalue weighted by Gasteiger charge is 2.07. The number of ketones is 1. The molecule has 3 heteroatoms. The Morgan fingerprint density at radius 2 is 1.53 bits per heavy atom. The Morgan fingerprint density at radius 1 is 1.00 bits per heavy atom. The number of benzene rings is 2. The maximum absolute atomic E-state index is 12.8. The van der Waals surface area contributed by atoms with Gasteiger partial charge in [0.25, 0.3) is 0 Å². The Bertz CT molecular complexity index is 561. The van der Waals surface area contributed by atoms with Crippen molar-refractivity contribution >= 4 is 11.5 Å². The van der Waals surface area contributed by atoms with Crippen molar-refractivity contribution in [3.05, 3.63) is 53.8 Å². The fraction of sp³-hybridized carbons (Fsp3) is 0.188. The molecule has 2 nitrogen and oxygen atoms in total. The molecule has 0 amide bonds. The Labute approximate surface area is 113 Å². The van der Waals surface area contributed by atoms with E-state index in [9.17, 15) is 9.18 Å². The predicted molar refractivity (Wildman–Crippen MR) is 77.6 cm³/mol. The molecule has 0 heterocycles. The number of hydrogen-bond donors (Lipinski definition) is 1. The summed E-state index contributed by atoms with van der Waals surface area (Å²) in [6, 6.07) is 11.4. The molecule has 0 aromatic heterocycles. The van der Waals surface area contributed by atoms with Gasteiger partial charge in [-0.2, -0.15) is 0 Å². The van der Waals surface area contributed by atoms with E-state index < -0.39 is 0 Å². The van der Waals surface area contributed by atoms with Crippen molar-refractivity contribution in [1.29, 1.82) is 0 Å². The number of nitrogens with two attached hydrogens (primary N) is 1. The SMILES string of the molecule is CC.CC(=O)c1cc(-c2ccc(F)cc2)ccc1N. The Kier molecular flexibility index (Phi) is 5.24. The van der Waals surface area contributed by atoms with Crippen LogP contribution in [0.1, 0.15) is 31.1 Å². The average molecular weight is 259 g/mol. The summed E-state index contributed by atoms with van der Waals surface area (Å²) >= 11 is 0. The molecule has 0 aliphatic heterocycles. The number of anilines is 1. The van der Waals surface area contributed by atoms with E-state index in [0.717, 1.165) is 11.1 Å². The molecule has 19 heavy (non-hydrogen) atoms. The van der Waals surface area contributed by atoms with Crippen molar-refractivity contribution in [2.45, 2.75) is 20.8 Å². The number of carbonyl (C=O) groups is 1. The van der Waals surface area contributed by atoms with Gasteiger partial charge in [-0.25, -0.2) is 4.39 Å². The molecule has 0 bridgehead atoms. The van der Waals surface area contributed by atoms with Crippen LogP contribution in [-0.4, -0.2) is 5.78 Å². The summed E-state index contributed by atoms with van der Waals surface area (Å²) in [7, 11) is 0. The van der Waals surface area contributed by atoms with E-state index >= 15 is 0 Å². The van der Waals surface area contributed by atoms with Crippen LogP contribution in [0.4, 0.5) is 10.1 Å². The highest BCUT2D eigenvalue weighted by molar-refractivity contribution is 6.00. The lowest BCUT2D eigenvalue weighted by Gasteiger charge is -2.06. The van der Waals surface area contributed by atoms with Crippen LogP contribution in [0.5, 0.6) is 0 Å². The zero-order valence-electron chi connectivity index (χ0n) is 11.4. The minimum Gasteiger partial charge on any atom is -0.398 e. The topological polar surface area (TPSA) is 43.1 Å². The van der Waals surface area contributed by atoms with Crippen molar-refractivity contribution in [3.8, 4) is 11.1 Å². The molecular weight excluding hydrogens is 241 g/mol. The lowest BCUT2D eigenvalue weighted by molar-refractivity contribution is 0.101. The Morgan fingerprint density at radius 3 is 2.05 bits per heavy atom. The number of carbonyl (C=O) groups excluding carboxylic acids is 1. The van der Waals surface area contributed by atoms with E-state index in [1.54, 1.807) is 24.3 Å². The minimum absolute atomic E-state index is 0.0774. The van der Waals surface area contributed by atoms with Crippen LogP contribution in [0, 0.1) is 5.82 Å². The van der Waals surface area contributed by atoms with Crippen LogP contribution >= 0.6 is 0 Å². The maximum atomic E-state index is 12.8. The van der Waals surface area contributed by atoms with E-state index in [1.807, 2.05) is 19.9 Å². The van der Waals surface area contributed by atoms with Gasteiger partial charge in [0.15, 0.2) is 5.78 Å². The minimum atomic E-state index is -0.281. The van der Waals surface area contributed by atoms with Crippen molar-refractivity contribution in [3.63, 3.8) is 0 Å². The Balaban J connectivity index is 0.000000861. The molecule has 0 radical (unpaired) electrons. The van der Waals surface area contributed by atoms with Gasteiger partial charge in [0.2, 0.25) is 0 Å². The second-order valence-electron chi connectivity index (χ2n) is 3.87. The first-order valence-corrected chi connectivity index (χ1v) is 6.24. The first-order chi connectivity index (χ1) is 9.08. The smallest absolute Gasteiger partial charge is 0.161 e. The van der Waals surface area contributed by atoms with E-state index in [4.69, 9.17) is 5.73 Å². The third-order valence-corrected chi connectivity index (χ3v) is 2.61. The van der Waals surface area contributed by atoms with Gasteiger partial charge in [0, 0.05) is 11.3 Å². The molecule has 0 saturated carbocycles. The molecule has 0 atom stereocenters. The van der Waals surface area contributed by atoms with Gasteiger partial charge in [-0.3, -0.25) is 4.79 Å². The van der Waals surface area contributed by atoms with Crippen LogP contribution in [-0.2, 0) is 0 Å². The lowest BCUT2D eigenvalue weighted by Crippen LogP contribution is -1.99. The molecule has 2 rings (SSSR count). The molecule has 0 aliphatic rings. The van der Waals surface area contributed by atoms with E-state index in [2.05, 4.69) is 0 Å². The summed E-state index contributed by atoms with van der Waals surface area (Å²) < 4.78 is 12.8. The highest BCUT2D eigenvalue weighted by Crippen LogP contribution is 2.24. The molecule has 2 N–H and O–H groups in total. The molecule has 0 aliphatic carbocycles. The number of nitrogen functional groups attached to an aromatic ring is 1. The summed E-state index contributed by atoms with van der Waals surface area (Å²) in [6.45, 7) is 5.47. The van der Waals surface area contributed by atoms with Gasteiger partial charge < -0.3 is 5.73 Å². The Hall–Kier alpha value is -2.16. The van der Waals surface area contributed by atoms with Crippen molar-refractivity contribution in [2.24, 2.45) is 0 Å². The third-order valence-electron chi connectivity index (χ3n) is 2.61. The standard InChI is InChI=1S/C14H12FNO.C2H6/c1-9(17)13-8-11(4-7-14(13)16)10-2-5-12(15)6-3-10;1-2/h2-8H,16H2,1H3;1-2H3. The third kappa shape index (κ3) is 3.65.